The summed E-state index contributed by atoms with van der Waals surface area (Å²) in [5.74, 6) is 0. The maximum atomic E-state index is 11.9. The van der Waals surface area contributed by atoms with Gasteiger partial charge in [0, 0.05) is 0 Å². The van der Waals surface area contributed by atoms with E-state index in [0.717, 1.165) is 19.3 Å². The normalized spacial score (nSPS) is 14.1. The first-order valence-electron chi connectivity index (χ1n) is 5.65. The highest BCUT2D eigenvalue weighted by Gasteiger charge is 2.27. The van der Waals surface area contributed by atoms with E-state index >= 15 is 0 Å². The van der Waals surface area contributed by atoms with E-state index in [1.807, 2.05) is 6.92 Å². The van der Waals surface area contributed by atoms with Crippen LogP contribution in [0.5, 0.6) is 0 Å². The van der Waals surface area contributed by atoms with E-state index < -0.39 is 7.82 Å². The summed E-state index contributed by atoms with van der Waals surface area (Å²) in [6, 6.07) is 0. The zero-order valence-corrected chi connectivity index (χ0v) is 11.1. The van der Waals surface area contributed by atoms with Gasteiger partial charge < -0.3 is 0 Å². The van der Waals surface area contributed by atoms with Crippen LogP contribution in [0.2, 0.25) is 0 Å². The van der Waals surface area contributed by atoms with E-state index in [4.69, 9.17) is 13.6 Å². The quantitative estimate of drug-likeness (QED) is 0.574. The molecule has 0 aliphatic rings. The molecule has 0 rings (SSSR count). The number of phosphoric acid groups is 1. The van der Waals surface area contributed by atoms with Crippen LogP contribution >= 0.6 is 7.82 Å². The highest BCUT2D eigenvalue weighted by molar-refractivity contribution is 7.48. The SMILES string of the molecule is CCCCC(C)OP(=O)(OCC)OCC. The molecule has 0 spiro atoms. The molecule has 0 aromatic rings. The van der Waals surface area contributed by atoms with Crippen LogP contribution in [0.3, 0.4) is 0 Å². The molecule has 0 aliphatic heterocycles. The van der Waals surface area contributed by atoms with Crippen LogP contribution in [-0.4, -0.2) is 19.3 Å². The maximum absolute atomic E-state index is 11.9. The van der Waals surface area contributed by atoms with Crippen molar-refractivity contribution in [2.24, 2.45) is 0 Å². The van der Waals surface area contributed by atoms with Crippen molar-refractivity contribution in [3.8, 4) is 0 Å². The van der Waals surface area contributed by atoms with Crippen LogP contribution < -0.4 is 0 Å². The Morgan fingerprint density at radius 3 is 2.07 bits per heavy atom. The first kappa shape index (κ1) is 15.1. The molecule has 0 aliphatic carbocycles. The molecular weight excluding hydrogens is 215 g/mol. The number of phosphoric ester groups is 1. The second kappa shape index (κ2) is 8.28. The third-order valence-electron chi connectivity index (χ3n) is 1.85. The molecule has 0 saturated heterocycles. The Kier molecular flexibility index (Phi) is 8.34. The van der Waals surface area contributed by atoms with Gasteiger partial charge >= 0.3 is 7.82 Å². The Labute approximate surface area is 92.9 Å². The van der Waals surface area contributed by atoms with Crippen LogP contribution in [0.15, 0.2) is 0 Å². The van der Waals surface area contributed by atoms with Crippen molar-refractivity contribution in [3.63, 3.8) is 0 Å². The maximum Gasteiger partial charge on any atom is 0.475 e. The Morgan fingerprint density at radius 1 is 1.13 bits per heavy atom. The summed E-state index contributed by atoms with van der Waals surface area (Å²) in [7, 11) is -3.32. The molecular formula is C10H23O4P. The van der Waals surface area contributed by atoms with Gasteiger partial charge in [-0.25, -0.2) is 4.57 Å². The van der Waals surface area contributed by atoms with Crippen molar-refractivity contribution in [2.75, 3.05) is 13.2 Å². The fourth-order valence-electron chi connectivity index (χ4n) is 1.18. The Bertz CT molecular complexity index is 186. The van der Waals surface area contributed by atoms with Gasteiger partial charge in [-0.05, 0) is 27.2 Å². The van der Waals surface area contributed by atoms with Gasteiger partial charge in [-0.15, -0.1) is 0 Å². The first-order chi connectivity index (χ1) is 7.08. The van der Waals surface area contributed by atoms with Gasteiger partial charge in [0.15, 0.2) is 0 Å². The summed E-state index contributed by atoms with van der Waals surface area (Å²) in [4.78, 5) is 0. The highest BCUT2D eigenvalue weighted by Crippen LogP contribution is 2.50. The van der Waals surface area contributed by atoms with E-state index in [-0.39, 0.29) is 6.10 Å². The molecule has 0 saturated carbocycles. The summed E-state index contributed by atoms with van der Waals surface area (Å²) in [6.45, 7) is 8.20. The summed E-state index contributed by atoms with van der Waals surface area (Å²) >= 11 is 0. The van der Waals surface area contributed by atoms with Crippen LogP contribution in [0.1, 0.15) is 47.0 Å². The van der Waals surface area contributed by atoms with E-state index in [1.54, 1.807) is 13.8 Å². The predicted octanol–water partition coefficient (Wildman–Crippen LogP) is 3.76. The van der Waals surface area contributed by atoms with E-state index in [1.165, 1.54) is 0 Å². The van der Waals surface area contributed by atoms with Gasteiger partial charge in [-0.3, -0.25) is 13.6 Å². The molecule has 1 unspecified atom stereocenters. The third-order valence-corrected chi connectivity index (χ3v) is 3.61. The summed E-state index contributed by atoms with van der Waals surface area (Å²) in [5, 5.41) is 0. The van der Waals surface area contributed by atoms with Gasteiger partial charge in [-0.2, -0.15) is 0 Å². The number of hydrogen-bond acceptors (Lipinski definition) is 4. The molecule has 15 heavy (non-hydrogen) atoms. The molecule has 0 radical (unpaired) electrons. The first-order valence-corrected chi connectivity index (χ1v) is 7.11. The summed E-state index contributed by atoms with van der Waals surface area (Å²) < 4.78 is 27.3. The highest BCUT2D eigenvalue weighted by atomic mass is 31.2. The van der Waals surface area contributed by atoms with E-state index in [2.05, 4.69) is 6.92 Å². The average Bonchev–Trinajstić information content (AvgIpc) is 2.15. The second-order valence-electron chi connectivity index (χ2n) is 3.34. The van der Waals surface area contributed by atoms with Crippen molar-refractivity contribution >= 4 is 7.82 Å². The van der Waals surface area contributed by atoms with Crippen molar-refractivity contribution in [1.82, 2.24) is 0 Å². The molecule has 0 aromatic carbocycles. The molecule has 4 nitrogen and oxygen atoms in total. The fourth-order valence-corrected chi connectivity index (χ4v) is 2.55. The van der Waals surface area contributed by atoms with Crippen LogP contribution in [0, 0.1) is 0 Å². The Morgan fingerprint density at radius 2 is 1.67 bits per heavy atom. The van der Waals surface area contributed by atoms with Gasteiger partial charge in [0.2, 0.25) is 0 Å². The Balaban J connectivity index is 4.08. The molecule has 0 fully saturated rings. The van der Waals surface area contributed by atoms with Crippen LogP contribution in [-0.2, 0) is 18.1 Å². The van der Waals surface area contributed by atoms with Gasteiger partial charge in [0.25, 0.3) is 0 Å². The van der Waals surface area contributed by atoms with Crippen molar-refractivity contribution in [3.05, 3.63) is 0 Å². The van der Waals surface area contributed by atoms with Gasteiger partial charge in [-0.1, -0.05) is 19.8 Å². The minimum absolute atomic E-state index is 0.0890. The van der Waals surface area contributed by atoms with Crippen LogP contribution in [0.4, 0.5) is 0 Å². The van der Waals surface area contributed by atoms with Crippen molar-refractivity contribution in [1.29, 1.82) is 0 Å². The van der Waals surface area contributed by atoms with Crippen molar-refractivity contribution < 1.29 is 18.1 Å². The lowest BCUT2D eigenvalue weighted by Gasteiger charge is -2.20. The van der Waals surface area contributed by atoms with Gasteiger partial charge in [0.05, 0.1) is 19.3 Å². The zero-order chi connectivity index (χ0) is 11.7. The fraction of sp³-hybridized carbons (Fsp3) is 1.00. The third kappa shape index (κ3) is 7.07. The molecule has 0 bridgehead atoms. The predicted molar refractivity (Wildman–Crippen MR) is 60.9 cm³/mol. The summed E-state index contributed by atoms with van der Waals surface area (Å²) in [6.07, 6.45) is 2.94. The smallest absolute Gasteiger partial charge is 0.287 e. The standard InChI is InChI=1S/C10H23O4P/c1-5-8-9-10(4)14-15(11,12-6-2)13-7-3/h10H,5-9H2,1-4H3. The average molecular weight is 238 g/mol. The van der Waals surface area contributed by atoms with E-state index in [9.17, 15) is 4.57 Å². The minimum atomic E-state index is -3.32. The van der Waals surface area contributed by atoms with Crippen molar-refractivity contribution in [2.45, 2.75) is 53.1 Å². The summed E-state index contributed by atoms with van der Waals surface area (Å²) in [5.41, 5.74) is 0. The minimum Gasteiger partial charge on any atom is -0.287 e. The lowest BCUT2D eigenvalue weighted by atomic mass is 10.2. The second-order valence-corrected chi connectivity index (χ2v) is 4.96. The molecule has 0 amide bonds. The number of rotatable bonds is 9. The van der Waals surface area contributed by atoms with Gasteiger partial charge in [0.1, 0.15) is 0 Å². The lowest BCUT2D eigenvalue weighted by molar-refractivity contribution is 0.0865. The zero-order valence-electron chi connectivity index (χ0n) is 10.2. The molecule has 92 valence electrons. The lowest BCUT2D eigenvalue weighted by Crippen LogP contribution is -2.09. The molecule has 0 aromatic heterocycles. The molecule has 5 heteroatoms. The molecule has 0 heterocycles. The molecule has 0 N–H and O–H groups in total. The topological polar surface area (TPSA) is 44.8 Å². The van der Waals surface area contributed by atoms with E-state index in [0.29, 0.717) is 13.2 Å². The Hall–Kier alpha value is 0.110. The molecule has 1 atom stereocenters. The monoisotopic (exact) mass is 238 g/mol. The number of hydrogen-bond donors (Lipinski definition) is 0. The largest absolute Gasteiger partial charge is 0.475 e. The van der Waals surface area contributed by atoms with Crippen LogP contribution in [0.25, 0.3) is 0 Å². The number of unbranched alkanes of at least 4 members (excludes halogenated alkanes) is 1.